The molecule has 0 saturated heterocycles. The lowest BCUT2D eigenvalue weighted by Crippen LogP contribution is -2.31. The fourth-order valence-corrected chi connectivity index (χ4v) is 4.10. The zero-order chi connectivity index (χ0) is 24.7. The second-order valence-corrected chi connectivity index (χ2v) is 8.96. The van der Waals surface area contributed by atoms with Crippen LogP contribution in [0.1, 0.15) is 28.9 Å². The summed E-state index contributed by atoms with van der Waals surface area (Å²) in [5.74, 6) is -1.23. The molecular weight excluding hydrogens is 463 g/mol. The summed E-state index contributed by atoms with van der Waals surface area (Å²) in [6.07, 6.45) is 0. The van der Waals surface area contributed by atoms with Crippen molar-refractivity contribution in [2.45, 2.75) is 17.9 Å². The monoisotopic (exact) mass is 486 g/mol. The van der Waals surface area contributed by atoms with Crippen molar-refractivity contribution in [3.8, 4) is 5.75 Å². The molecule has 0 unspecified atom stereocenters. The normalized spacial score (nSPS) is 11.9. The number of methoxy groups -OCH3 is 1. The van der Waals surface area contributed by atoms with Gasteiger partial charge >= 0.3 is 5.97 Å². The Bertz CT molecular complexity index is 1260. The van der Waals surface area contributed by atoms with Crippen LogP contribution in [0.2, 0.25) is 0 Å². The van der Waals surface area contributed by atoms with E-state index < -0.39 is 34.5 Å². The first-order valence-corrected chi connectivity index (χ1v) is 11.6. The molecule has 0 fully saturated rings. The van der Waals surface area contributed by atoms with E-state index in [-0.39, 0.29) is 16.3 Å². The molecule has 0 aromatic heterocycles. The van der Waals surface area contributed by atoms with E-state index >= 15 is 0 Å². The molecule has 8 nitrogen and oxygen atoms in total. The highest BCUT2D eigenvalue weighted by molar-refractivity contribution is 7.92. The molecule has 0 saturated carbocycles. The number of carbonyl (C=O) groups excluding carboxylic acids is 2. The van der Waals surface area contributed by atoms with E-state index in [4.69, 9.17) is 9.47 Å². The first kappa shape index (κ1) is 24.7. The van der Waals surface area contributed by atoms with Crippen LogP contribution >= 0.6 is 0 Å². The van der Waals surface area contributed by atoms with Gasteiger partial charge in [0, 0.05) is 5.69 Å². The van der Waals surface area contributed by atoms with E-state index in [1.807, 2.05) is 0 Å². The molecule has 3 aromatic carbocycles. The molecule has 1 amide bonds. The molecule has 0 aliphatic carbocycles. The lowest BCUT2D eigenvalue weighted by molar-refractivity contribution is -0.124. The Balaban J connectivity index is 1.60. The standard InChI is InChI=1S/C24H23FN2O6S/c1-16(17-6-8-19(25)9-7-17)26-23(28)15-33-24(29)18-4-3-5-22(14-18)34(30,31)27-20-10-12-21(32-2)13-11-20/h3-14,16,27H,15H2,1-2H3,(H,26,28)/t16-/m1/s1. The number of sulfonamides is 1. The van der Waals surface area contributed by atoms with Crippen molar-refractivity contribution in [2.75, 3.05) is 18.4 Å². The van der Waals surface area contributed by atoms with E-state index in [2.05, 4.69) is 10.0 Å². The molecule has 0 aliphatic rings. The molecule has 3 aromatic rings. The number of rotatable bonds is 9. The van der Waals surface area contributed by atoms with Gasteiger partial charge in [0.25, 0.3) is 15.9 Å². The maximum atomic E-state index is 13.0. The third-order valence-electron chi connectivity index (χ3n) is 4.80. The van der Waals surface area contributed by atoms with Crippen molar-refractivity contribution in [1.29, 1.82) is 0 Å². The van der Waals surface area contributed by atoms with Crippen molar-refractivity contribution < 1.29 is 31.9 Å². The smallest absolute Gasteiger partial charge is 0.338 e. The topological polar surface area (TPSA) is 111 Å². The summed E-state index contributed by atoms with van der Waals surface area (Å²) in [5.41, 5.74) is 0.973. The van der Waals surface area contributed by atoms with Gasteiger partial charge < -0.3 is 14.8 Å². The second kappa shape index (κ2) is 10.8. The summed E-state index contributed by atoms with van der Waals surface area (Å²) in [6, 6.07) is 16.8. The largest absolute Gasteiger partial charge is 0.497 e. The number of ether oxygens (including phenoxy) is 2. The molecule has 178 valence electrons. The highest BCUT2D eigenvalue weighted by Crippen LogP contribution is 2.20. The van der Waals surface area contributed by atoms with Crippen LogP contribution in [-0.2, 0) is 19.6 Å². The molecule has 34 heavy (non-hydrogen) atoms. The number of hydrogen-bond donors (Lipinski definition) is 2. The van der Waals surface area contributed by atoms with E-state index in [1.54, 1.807) is 31.2 Å². The van der Waals surface area contributed by atoms with Gasteiger partial charge in [0.05, 0.1) is 23.6 Å². The molecule has 1 atom stereocenters. The van der Waals surface area contributed by atoms with Crippen LogP contribution in [0.15, 0.2) is 77.7 Å². The van der Waals surface area contributed by atoms with Crippen LogP contribution < -0.4 is 14.8 Å². The van der Waals surface area contributed by atoms with E-state index in [9.17, 15) is 22.4 Å². The summed E-state index contributed by atoms with van der Waals surface area (Å²) in [4.78, 5) is 24.4. The van der Waals surface area contributed by atoms with Crippen molar-refractivity contribution in [3.05, 3.63) is 89.7 Å². The summed E-state index contributed by atoms with van der Waals surface area (Å²) < 4.78 is 50.9. The number of nitrogens with one attached hydrogen (secondary N) is 2. The van der Waals surface area contributed by atoms with Gasteiger partial charge in [-0.1, -0.05) is 18.2 Å². The zero-order valence-electron chi connectivity index (χ0n) is 18.4. The highest BCUT2D eigenvalue weighted by atomic mass is 32.2. The number of anilines is 1. The summed E-state index contributed by atoms with van der Waals surface area (Å²) in [7, 11) is -2.47. The number of carbonyl (C=O) groups is 2. The van der Waals surface area contributed by atoms with E-state index in [0.717, 1.165) is 6.07 Å². The predicted molar refractivity (Wildman–Crippen MR) is 123 cm³/mol. The lowest BCUT2D eigenvalue weighted by atomic mass is 10.1. The zero-order valence-corrected chi connectivity index (χ0v) is 19.3. The molecule has 0 radical (unpaired) electrons. The van der Waals surface area contributed by atoms with Gasteiger partial charge in [0.15, 0.2) is 6.61 Å². The third-order valence-corrected chi connectivity index (χ3v) is 6.18. The maximum absolute atomic E-state index is 13.0. The Labute approximate surface area is 196 Å². The van der Waals surface area contributed by atoms with Crippen molar-refractivity contribution in [2.24, 2.45) is 0 Å². The van der Waals surface area contributed by atoms with Gasteiger partial charge in [-0.25, -0.2) is 17.6 Å². The van der Waals surface area contributed by atoms with Gasteiger partial charge in [-0.15, -0.1) is 0 Å². The number of esters is 1. The first-order valence-electron chi connectivity index (χ1n) is 10.2. The minimum atomic E-state index is -3.97. The number of benzene rings is 3. The predicted octanol–water partition coefficient (Wildman–Crippen LogP) is 3.67. The fourth-order valence-electron chi connectivity index (χ4n) is 3.00. The minimum absolute atomic E-state index is 0.0306. The van der Waals surface area contributed by atoms with Crippen LogP contribution in [0.25, 0.3) is 0 Å². The van der Waals surface area contributed by atoms with Crippen molar-refractivity contribution >= 4 is 27.6 Å². The van der Waals surface area contributed by atoms with Crippen LogP contribution in [0.3, 0.4) is 0 Å². The average molecular weight is 487 g/mol. The molecule has 0 bridgehead atoms. The van der Waals surface area contributed by atoms with Crippen LogP contribution in [0.4, 0.5) is 10.1 Å². The Morgan fingerprint density at radius 3 is 2.32 bits per heavy atom. The van der Waals surface area contributed by atoms with Gasteiger partial charge in [-0.2, -0.15) is 0 Å². The maximum Gasteiger partial charge on any atom is 0.338 e. The molecule has 3 rings (SSSR count). The number of amides is 1. The molecule has 10 heteroatoms. The third kappa shape index (κ3) is 6.55. The van der Waals surface area contributed by atoms with Gasteiger partial charge in [-0.3, -0.25) is 9.52 Å². The van der Waals surface area contributed by atoms with Crippen LogP contribution in [0.5, 0.6) is 5.75 Å². The number of halogens is 1. The number of hydrogen-bond acceptors (Lipinski definition) is 6. The minimum Gasteiger partial charge on any atom is -0.497 e. The molecule has 0 spiro atoms. The van der Waals surface area contributed by atoms with Gasteiger partial charge in [-0.05, 0) is 67.1 Å². The van der Waals surface area contributed by atoms with Crippen molar-refractivity contribution in [3.63, 3.8) is 0 Å². The van der Waals surface area contributed by atoms with Crippen molar-refractivity contribution in [1.82, 2.24) is 5.32 Å². The molecule has 0 heterocycles. The summed E-state index contributed by atoms with van der Waals surface area (Å²) >= 11 is 0. The van der Waals surface area contributed by atoms with Gasteiger partial charge in [0.2, 0.25) is 0 Å². The molecular formula is C24H23FN2O6S. The van der Waals surface area contributed by atoms with E-state index in [1.165, 1.54) is 49.6 Å². The van der Waals surface area contributed by atoms with Crippen LogP contribution in [-0.4, -0.2) is 34.0 Å². The molecule has 2 N–H and O–H groups in total. The molecule has 0 aliphatic heterocycles. The SMILES string of the molecule is COc1ccc(NS(=O)(=O)c2cccc(C(=O)OCC(=O)N[C@H](C)c3ccc(F)cc3)c2)cc1. The Kier molecular flexibility index (Phi) is 7.85. The van der Waals surface area contributed by atoms with Gasteiger partial charge in [0.1, 0.15) is 11.6 Å². The second-order valence-electron chi connectivity index (χ2n) is 7.28. The Hall–Kier alpha value is -3.92. The van der Waals surface area contributed by atoms with E-state index in [0.29, 0.717) is 17.0 Å². The fraction of sp³-hybridized carbons (Fsp3) is 0.167. The highest BCUT2D eigenvalue weighted by Gasteiger charge is 2.18. The lowest BCUT2D eigenvalue weighted by Gasteiger charge is -2.14. The Morgan fingerprint density at radius 2 is 1.68 bits per heavy atom. The average Bonchev–Trinajstić information content (AvgIpc) is 2.83. The Morgan fingerprint density at radius 1 is 1.00 bits per heavy atom. The van der Waals surface area contributed by atoms with Crippen LogP contribution in [0, 0.1) is 5.82 Å². The quantitative estimate of drug-likeness (QED) is 0.447. The summed E-state index contributed by atoms with van der Waals surface area (Å²) in [5, 5.41) is 2.64. The first-order chi connectivity index (χ1) is 16.2. The summed E-state index contributed by atoms with van der Waals surface area (Å²) in [6.45, 7) is 1.14.